The monoisotopic (exact) mass is 337 g/mol. The van der Waals surface area contributed by atoms with E-state index in [0.29, 0.717) is 0 Å². The summed E-state index contributed by atoms with van der Waals surface area (Å²) in [7, 11) is 0. The number of carbonyl (C=O) groups is 1. The molecule has 1 unspecified atom stereocenters. The molecule has 1 amide bonds. The van der Waals surface area contributed by atoms with Crippen molar-refractivity contribution in [1.29, 1.82) is 0 Å². The first-order valence-electron chi connectivity index (χ1n) is 7.37. The third-order valence-electron chi connectivity index (χ3n) is 4.14. The molecule has 1 atom stereocenters. The number of alkyl halides is 1. The third kappa shape index (κ3) is 3.25. The zero-order valence-electron chi connectivity index (χ0n) is 12.6. The zero-order chi connectivity index (χ0) is 14.8. The summed E-state index contributed by atoms with van der Waals surface area (Å²) < 4.78 is 0. The van der Waals surface area contributed by atoms with Gasteiger partial charge in [-0.3, -0.25) is 4.79 Å². The maximum atomic E-state index is 12.6. The van der Waals surface area contributed by atoms with Crippen molar-refractivity contribution in [3.05, 3.63) is 35.9 Å². The van der Waals surface area contributed by atoms with Gasteiger partial charge >= 0.3 is 0 Å². The summed E-state index contributed by atoms with van der Waals surface area (Å²) in [4.78, 5) is 12.4. The minimum absolute atomic E-state index is 0.0828. The van der Waals surface area contributed by atoms with Crippen LogP contribution in [0.2, 0.25) is 0 Å². The maximum Gasteiger partial charge on any atom is 0.235 e. The summed E-state index contributed by atoms with van der Waals surface area (Å²) in [5.41, 5.74) is 0.982. The van der Waals surface area contributed by atoms with Gasteiger partial charge in [-0.2, -0.15) is 0 Å². The Morgan fingerprint density at radius 2 is 1.75 bits per heavy atom. The van der Waals surface area contributed by atoms with E-state index in [-0.39, 0.29) is 21.7 Å². The maximum absolute atomic E-state index is 12.6. The molecule has 3 heteroatoms. The van der Waals surface area contributed by atoms with Crippen LogP contribution in [0, 0.1) is 5.41 Å². The molecule has 0 bridgehead atoms. The molecule has 1 saturated carbocycles. The van der Waals surface area contributed by atoms with Crippen LogP contribution in [0.1, 0.15) is 52.0 Å². The molecule has 2 nitrogen and oxygen atoms in total. The Morgan fingerprint density at radius 3 is 2.25 bits per heavy atom. The number of benzene rings is 1. The summed E-state index contributed by atoms with van der Waals surface area (Å²) in [6, 6.07) is 10.4. The highest BCUT2D eigenvalue weighted by molar-refractivity contribution is 9.10. The van der Waals surface area contributed by atoms with Crippen LogP contribution >= 0.6 is 15.9 Å². The summed E-state index contributed by atoms with van der Waals surface area (Å²) in [6.45, 7) is 6.24. The molecule has 1 aliphatic rings. The first-order valence-corrected chi connectivity index (χ1v) is 8.28. The van der Waals surface area contributed by atoms with Gasteiger partial charge in [-0.15, -0.1) is 0 Å². The van der Waals surface area contributed by atoms with E-state index in [1.165, 1.54) is 18.4 Å². The largest absolute Gasteiger partial charge is 0.346 e. The molecule has 20 heavy (non-hydrogen) atoms. The molecule has 0 saturated heterocycles. The molecule has 1 N–H and O–H groups in total. The number of halogens is 1. The minimum Gasteiger partial charge on any atom is -0.346 e. The molecule has 2 rings (SSSR count). The van der Waals surface area contributed by atoms with Crippen molar-refractivity contribution in [2.45, 2.75) is 56.8 Å². The van der Waals surface area contributed by atoms with Crippen molar-refractivity contribution < 1.29 is 4.79 Å². The molecule has 1 fully saturated rings. The van der Waals surface area contributed by atoms with E-state index in [9.17, 15) is 4.79 Å². The normalized spacial score (nSPS) is 19.6. The van der Waals surface area contributed by atoms with Crippen molar-refractivity contribution in [3.8, 4) is 0 Å². The smallest absolute Gasteiger partial charge is 0.235 e. The van der Waals surface area contributed by atoms with Crippen molar-refractivity contribution in [2.75, 3.05) is 0 Å². The van der Waals surface area contributed by atoms with Crippen molar-refractivity contribution in [2.24, 2.45) is 5.41 Å². The molecule has 1 aliphatic carbocycles. The van der Waals surface area contributed by atoms with Crippen LogP contribution in [0.4, 0.5) is 0 Å². The molecule has 0 aliphatic heterocycles. The second-order valence-corrected chi connectivity index (χ2v) is 7.79. The fourth-order valence-electron chi connectivity index (χ4n) is 2.91. The zero-order valence-corrected chi connectivity index (χ0v) is 14.2. The highest BCUT2D eigenvalue weighted by Crippen LogP contribution is 2.39. The average molecular weight is 338 g/mol. The fraction of sp³-hybridized carbons (Fsp3) is 0.588. The quantitative estimate of drug-likeness (QED) is 0.814. The number of carbonyl (C=O) groups excluding carboxylic acids is 1. The van der Waals surface area contributed by atoms with E-state index in [0.717, 1.165) is 12.8 Å². The van der Waals surface area contributed by atoms with Gasteiger partial charge in [0.2, 0.25) is 5.91 Å². The summed E-state index contributed by atoms with van der Waals surface area (Å²) in [5.74, 6) is 0.100. The number of hydrogen-bond acceptors (Lipinski definition) is 1. The van der Waals surface area contributed by atoms with Crippen LogP contribution in [-0.2, 0) is 10.3 Å². The van der Waals surface area contributed by atoms with E-state index >= 15 is 0 Å². The number of nitrogens with one attached hydrogen (secondary N) is 1. The minimum atomic E-state index is -0.171. The van der Waals surface area contributed by atoms with Crippen LogP contribution in [-0.4, -0.2) is 10.7 Å². The standard InChI is InChI=1S/C17H24BrNO/c1-16(2,3)14(18)15(20)19-17(11-7-8-12-17)13-9-5-4-6-10-13/h4-6,9-10,14H,7-8,11-12H2,1-3H3,(H,19,20). The average Bonchev–Trinajstić information content (AvgIpc) is 2.87. The van der Waals surface area contributed by atoms with E-state index in [1.54, 1.807) is 0 Å². The van der Waals surface area contributed by atoms with Gasteiger partial charge in [-0.05, 0) is 23.8 Å². The Hall–Kier alpha value is -0.830. The molecular formula is C17H24BrNO. The Bertz CT molecular complexity index is 458. The molecule has 0 heterocycles. The molecular weight excluding hydrogens is 314 g/mol. The van der Waals surface area contributed by atoms with Gasteiger partial charge < -0.3 is 5.32 Å². The van der Waals surface area contributed by atoms with Crippen LogP contribution < -0.4 is 5.32 Å². The van der Waals surface area contributed by atoms with Crippen LogP contribution in [0.15, 0.2) is 30.3 Å². The molecule has 1 aromatic rings. The lowest BCUT2D eigenvalue weighted by molar-refractivity contribution is -0.124. The van der Waals surface area contributed by atoms with Crippen LogP contribution in [0.5, 0.6) is 0 Å². The van der Waals surface area contributed by atoms with Crippen molar-refractivity contribution in [3.63, 3.8) is 0 Å². The highest BCUT2D eigenvalue weighted by atomic mass is 79.9. The Kier molecular flexibility index (Phi) is 4.58. The number of hydrogen-bond donors (Lipinski definition) is 1. The first kappa shape index (κ1) is 15.6. The molecule has 1 aromatic carbocycles. The molecule has 0 aromatic heterocycles. The summed E-state index contributed by atoms with van der Waals surface area (Å²) in [5, 5.41) is 3.33. The fourth-order valence-corrected chi connectivity index (χ4v) is 3.03. The van der Waals surface area contributed by atoms with Gasteiger partial charge in [-0.25, -0.2) is 0 Å². The number of rotatable bonds is 3. The van der Waals surface area contributed by atoms with Crippen molar-refractivity contribution in [1.82, 2.24) is 5.32 Å². The van der Waals surface area contributed by atoms with Gasteiger partial charge in [0.15, 0.2) is 0 Å². The Labute approximate surface area is 130 Å². The van der Waals surface area contributed by atoms with Gasteiger partial charge in [0.05, 0.1) is 10.4 Å². The predicted molar refractivity (Wildman–Crippen MR) is 86.9 cm³/mol. The van der Waals surface area contributed by atoms with E-state index in [4.69, 9.17) is 0 Å². The lowest BCUT2D eigenvalue weighted by Gasteiger charge is -2.34. The Morgan fingerprint density at radius 1 is 1.20 bits per heavy atom. The highest BCUT2D eigenvalue weighted by Gasteiger charge is 2.39. The van der Waals surface area contributed by atoms with E-state index in [2.05, 4.69) is 66.3 Å². The van der Waals surface area contributed by atoms with Gasteiger partial charge in [-0.1, -0.05) is 79.9 Å². The van der Waals surface area contributed by atoms with Gasteiger partial charge in [0.1, 0.15) is 0 Å². The van der Waals surface area contributed by atoms with Gasteiger partial charge in [0, 0.05) is 0 Å². The first-order chi connectivity index (χ1) is 9.35. The van der Waals surface area contributed by atoms with Crippen LogP contribution in [0.3, 0.4) is 0 Å². The summed E-state index contributed by atoms with van der Waals surface area (Å²) in [6.07, 6.45) is 4.43. The molecule has 0 spiro atoms. The Balaban J connectivity index is 2.21. The van der Waals surface area contributed by atoms with Crippen molar-refractivity contribution >= 4 is 21.8 Å². The van der Waals surface area contributed by atoms with Gasteiger partial charge in [0.25, 0.3) is 0 Å². The van der Waals surface area contributed by atoms with E-state index < -0.39 is 0 Å². The molecule has 110 valence electrons. The number of amides is 1. The topological polar surface area (TPSA) is 29.1 Å². The second-order valence-electron chi connectivity index (χ2n) is 6.87. The molecule has 0 radical (unpaired) electrons. The predicted octanol–water partition coefficient (Wildman–Crippen LogP) is 4.38. The van der Waals surface area contributed by atoms with E-state index in [1.807, 2.05) is 6.07 Å². The lowest BCUT2D eigenvalue weighted by Crippen LogP contribution is -2.49. The second kappa shape index (κ2) is 5.88. The third-order valence-corrected chi connectivity index (χ3v) is 5.93. The lowest BCUT2D eigenvalue weighted by atomic mass is 9.86. The summed E-state index contributed by atoms with van der Waals surface area (Å²) >= 11 is 3.56. The SMILES string of the molecule is CC(C)(C)C(Br)C(=O)NC1(c2ccccc2)CCCC1. The van der Waals surface area contributed by atoms with Crippen LogP contribution in [0.25, 0.3) is 0 Å².